The molecule has 128 valence electrons. The van der Waals surface area contributed by atoms with Crippen LogP contribution in [-0.4, -0.2) is 15.0 Å². The van der Waals surface area contributed by atoms with Crippen molar-refractivity contribution in [3.05, 3.63) is 71.3 Å². The highest BCUT2D eigenvalue weighted by Crippen LogP contribution is 2.30. The fourth-order valence-electron chi connectivity index (χ4n) is 3.46. The van der Waals surface area contributed by atoms with Crippen molar-refractivity contribution in [3.63, 3.8) is 0 Å². The Hall–Kier alpha value is -2.69. The molecule has 0 unspecified atom stereocenters. The van der Waals surface area contributed by atoms with E-state index in [2.05, 4.69) is 20.9 Å². The average Bonchev–Trinajstić information content (AvgIpc) is 3.14. The third kappa shape index (κ3) is 3.55. The van der Waals surface area contributed by atoms with E-state index in [1.807, 2.05) is 31.3 Å². The van der Waals surface area contributed by atoms with Crippen LogP contribution in [-0.2, 0) is 25.9 Å². The van der Waals surface area contributed by atoms with Crippen LogP contribution in [0.3, 0.4) is 0 Å². The molecule has 0 spiro atoms. The molecule has 0 saturated carbocycles. The summed E-state index contributed by atoms with van der Waals surface area (Å²) in [5.74, 6) is 2.82. The predicted molar refractivity (Wildman–Crippen MR) is 96.2 cm³/mol. The molecule has 0 aromatic carbocycles. The van der Waals surface area contributed by atoms with E-state index in [1.54, 1.807) is 12.5 Å². The summed E-state index contributed by atoms with van der Waals surface area (Å²) in [6, 6.07) is 8.01. The lowest BCUT2D eigenvalue weighted by molar-refractivity contribution is 0.499. The van der Waals surface area contributed by atoms with Gasteiger partial charge in [-0.25, -0.2) is 9.97 Å². The first kappa shape index (κ1) is 15.8. The molecule has 0 N–H and O–H groups in total. The van der Waals surface area contributed by atoms with Crippen LogP contribution in [0.1, 0.15) is 41.2 Å². The van der Waals surface area contributed by atoms with Crippen molar-refractivity contribution in [1.82, 2.24) is 15.0 Å². The number of pyridine rings is 1. The van der Waals surface area contributed by atoms with E-state index in [4.69, 9.17) is 9.40 Å². The first-order valence-electron chi connectivity index (χ1n) is 8.82. The maximum Gasteiger partial charge on any atom is 0.136 e. The molecular formula is C20H22N4O. The number of furan rings is 1. The standard InChI is InChI=1S/C20H22N4O/c1-15-22-19-9-3-2-8-18(19)20(23-15)24(14-17-7-5-11-25-17)13-16-6-4-10-21-12-16/h4-7,10-12H,2-3,8-9,13-14H2,1H3. The molecule has 1 aliphatic carbocycles. The van der Waals surface area contributed by atoms with Crippen molar-refractivity contribution in [3.8, 4) is 0 Å². The minimum Gasteiger partial charge on any atom is -0.467 e. The first-order chi connectivity index (χ1) is 12.3. The largest absolute Gasteiger partial charge is 0.467 e. The second-order valence-corrected chi connectivity index (χ2v) is 6.52. The van der Waals surface area contributed by atoms with E-state index in [-0.39, 0.29) is 0 Å². The van der Waals surface area contributed by atoms with Gasteiger partial charge >= 0.3 is 0 Å². The molecule has 3 heterocycles. The summed E-state index contributed by atoms with van der Waals surface area (Å²) in [6.07, 6.45) is 9.95. The van der Waals surface area contributed by atoms with Gasteiger partial charge in [-0.2, -0.15) is 0 Å². The molecule has 4 rings (SSSR count). The van der Waals surface area contributed by atoms with Gasteiger partial charge in [-0.3, -0.25) is 4.98 Å². The van der Waals surface area contributed by atoms with Crippen molar-refractivity contribution in [1.29, 1.82) is 0 Å². The monoisotopic (exact) mass is 334 g/mol. The lowest BCUT2D eigenvalue weighted by atomic mass is 9.96. The number of anilines is 1. The Morgan fingerprint density at radius 1 is 1.08 bits per heavy atom. The van der Waals surface area contributed by atoms with Crippen LogP contribution in [0.4, 0.5) is 5.82 Å². The summed E-state index contributed by atoms with van der Waals surface area (Å²) in [5, 5.41) is 0. The smallest absolute Gasteiger partial charge is 0.136 e. The molecule has 5 heteroatoms. The molecule has 3 aromatic rings. The van der Waals surface area contributed by atoms with Gasteiger partial charge in [-0.15, -0.1) is 0 Å². The van der Waals surface area contributed by atoms with Crippen LogP contribution >= 0.6 is 0 Å². The van der Waals surface area contributed by atoms with Gasteiger partial charge in [-0.05, 0) is 56.4 Å². The molecule has 0 amide bonds. The van der Waals surface area contributed by atoms with E-state index in [0.29, 0.717) is 6.54 Å². The van der Waals surface area contributed by atoms with Crippen LogP contribution in [0.2, 0.25) is 0 Å². The normalized spacial score (nSPS) is 13.5. The molecule has 0 radical (unpaired) electrons. The van der Waals surface area contributed by atoms with Crippen LogP contribution in [0.5, 0.6) is 0 Å². The third-order valence-electron chi connectivity index (χ3n) is 4.60. The number of rotatable bonds is 5. The molecule has 25 heavy (non-hydrogen) atoms. The number of nitrogens with zero attached hydrogens (tertiary/aromatic N) is 4. The fourth-order valence-corrected chi connectivity index (χ4v) is 3.46. The van der Waals surface area contributed by atoms with Gasteiger partial charge in [-0.1, -0.05) is 6.07 Å². The van der Waals surface area contributed by atoms with E-state index in [1.165, 1.54) is 24.1 Å². The van der Waals surface area contributed by atoms with Crippen LogP contribution in [0, 0.1) is 6.92 Å². The summed E-state index contributed by atoms with van der Waals surface area (Å²) in [4.78, 5) is 16.0. The number of hydrogen-bond donors (Lipinski definition) is 0. The van der Waals surface area contributed by atoms with E-state index in [0.717, 1.165) is 42.4 Å². The molecule has 0 aliphatic heterocycles. The molecule has 0 atom stereocenters. The summed E-state index contributed by atoms with van der Waals surface area (Å²) < 4.78 is 5.60. The van der Waals surface area contributed by atoms with Crippen LogP contribution in [0.15, 0.2) is 47.3 Å². The van der Waals surface area contributed by atoms with Gasteiger partial charge < -0.3 is 9.32 Å². The Kier molecular flexibility index (Phi) is 4.46. The summed E-state index contributed by atoms with van der Waals surface area (Å²) in [7, 11) is 0. The Balaban J connectivity index is 1.73. The Morgan fingerprint density at radius 2 is 2.00 bits per heavy atom. The maximum atomic E-state index is 5.60. The number of hydrogen-bond acceptors (Lipinski definition) is 5. The topological polar surface area (TPSA) is 55.1 Å². The van der Waals surface area contributed by atoms with Crippen LogP contribution in [0.25, 0.3) is 0 Å². The zero-order valence-corrected chi connectivity index (χ0v) is 14.5. The number of aryl methyl sites for hydroxylation is 2. The molecule has 3 aromatic heterocycles. The second-order valence-electron chi connectivity index (χ2n) is 6.52. The maximum absolute atomic E-state index is 5.60. The molecular weight excluding hydrogens is 312 g/mol. The summed E-state index contributed by atoms with van der Waals surface area (Å²) >= 11 is 0. The Bertz CT molecular complexity index is 830. The number of fused-ring (bicyclic) bond motifs is 1. The van der Waals surface area contributed by atoms with E-state index in [9.17, 15) is 0 Å². The molecule has 0 fully saturated rings. The van der Waals surface area contributed by atoms with E-state index < -0.39 is 0 Å². The minimum atomic E-state index is 0.685. The lowest BCUT2D eigenvalue weighted by Gasteiger charge is -2.28. The van der Waals surface area contributed by atoms with Crippen LogP contribution < -0.4 is 4.90 Å². The highest BCUT2D eigenvalue weighted by atomic mass is 16.3. The van der Waals surface area contributed by atoms with Gasteiger partial charge in [0.2, 0.25) is 0 Å². The minimum absolute atomic E-state index is 0.685. The Labute approximate surface area is 147 Å². The third-order valence-corrected chi connectivity index (χ3v) is 4.60. The quantitative estimate of drug-likeness (QED) is 0.709. The van der Waals surface area contributed by atoms with Gasteiger partial charge in [0.25, 0.3) is 0 Å². The molecule has 1 aliphatic rings. The average molecular weight is 334 g/mol. The van der Waals surface area contributed by atoms with Crippen molar-refractivity contribution in [2.24, 2.45) is 0 Å². The van der Waals surface area contributed by atoms with Crippen molar-refractivity contribution >= 4 is 5.82 Å². The highest BCUT2D eigenvalue weighted by Gasteiger charge is 2.22. The first-order valence-corrected chi connectivity index (χ1v) is 8.82. The number of aromatic nitrogens is 3. The zero-order chi connectivity index (χ0) is 17.1. The van der Waals surface area contributed by atoms with Crippen molar-refractivity contribution < 1.29 is 4.42 Å². The highest BCUT2D eigenvalue weighted by molar-refractivity contribution is 5.51. The fraction of sp³-hybridized carbons (Fsp3) is 0.350. The van der Waals surface area contributed by atoms with Crippen molar-refractivity contribution in [2.75, 3.05) is 4.90 Å². The SMILES string of the molecule is Cc1nc2c(c(N(Cc3cccnc3)Cc3ccco3)n1)CCCC2. The van der Waals surface area contributed by atoms with Gasteiger partial charge in [0.1, 0.15) is 17.4 Å². The van der Waals surface area contributed by atoms with Crippen molar-refractivity contribution in [2.45, 2.75) is 45.7 Å². The van der Waals surface area contributed by atoms with Gasteiger partial charge in [0.05, 0.1) is 12.8 Å². The molecule has 0 bridgehead atoms. The predicted octanol–water partition coefficient (Wildman–Crippen LogP) is 3.86. The molecule has 0 saturated heterocycles. The lowest BCUT2D eigenvalue weighted by Crippen LogP contribution is -2.26. The van der Waals surface area contributed by atoms with E-state index >= 15 is 0 Å². The van der Waals surface area contributed by atoms with Gasteiger partial charge in [0.15, 0.2) is 0 Å². The Morgan fingerprint density at radius 3 is 2.80 bits per heavy atom. The second kappa shape index (κ2) is 7.05. The van der Waals surface area contributed by atoms with Gasteiger partial charge in [0, 0.05) is 30.2 Å². The summed E-state index contributed by atoms with van der Waals surface area (Å²) in [6.45, 7) is 3.41. The molecule has 5 nitrogen and oxygen atoms in total. The summed E-state index contributed by atoms with van der Waals surface area (Å²) in [5.41, 5.74) is 3.67. The zero-order valence-electron chi connectivity index (χ0n) is 14.5.